The second-order valence-electron chi connectivity index (χ2n) is 7.87. The van der Waals surface area contributed by atoms with Crippen LogP contribution in [-0.2, 0) is 32.5 Å². The summed E-state index contributed by atoms with van der Waals surface area (Å²) in [7, 11) is -3.79. The molecular weight excluding hydrogens is 416 g/mol. The molecule has 2 aliphatic rings. The SMILES string of the molecule is O=C(OCC(=O)N1CCc2ccccc2C1)c1ccccc1S(=O)(=O)N1CCCCC1. The van der Waals surface area contributed by atoms with E-state index in [9.17, 15) is 18.0 Å². The molecular formula is C23H26N2O5S. The maximum absolute atomic E-state index is 13.1. The Morgan fingerprint density at radius 1 is 0.871 bits per heavy atom. The lowest BCUT2D eigenvalue weighted by Crippen LogP contribution is -2.39. The van der Waals surface area contributed by atoms with Crippen LogP contribution < -0.4 is 0 Å². The fourth-order valence-corrected chi connectivity index (χ4v) is 5.81. The van der Waals surface area contributed by atoms with Gasteiger partial charge < -0.3 is 9.64 Å². The van der Waals surface area contributed by atoms with Gasteiger partial charge in [-0.1, -0.05) is 42.8 Å². The van der Waals surface area contributed by atoms with Gasteiger partial charge in [-0.25, -0.2) is 13.2 Å². The van der Waals surface area contributed by atoms with Crippen molar-refractivity contribution in [2.75, 3.05) is 26.2 Å². The Morgan fingerprint density at radius 3 is 2.32 bits per heavy atom. The van der Waals surface area contributed by atoms with Crippen molar-refractivity contribution in [2.45, 2.75) is 37.1 Å². The van der Waals surface area contributed by atoms with Gasteiger partial charge in [-0.15, -0.1) is 0 Å². The van der Waals surface area contributed by atoms with Crippen LogP contribution >= 0.6 is 0 Å². The summed E-state index contributed by atoms with van der Waals surface area (Å²) in [5.41, 5.74) is 2.27. The van der Waals surface area contributed by atoms with E-state index in [2.05, 4.69) is 6.07 Å². The molecule has 0 atom stereocenters. The fraction of sp³-hybridized carbons (Fsp3) is 0.391. The summed E-state index contributed by atoms with van der Waals surface area (Å²) in [6, 6.07) is 14.0. The molecule has 8 heteroatoms. The number of hydrogen-bond donors (Lipinski definition) is 0. The number of esters is 1. The molecule has 2 aliphatic heterocycles. The van der Waals surface area contributed by atoms with Crippen molar-refractivity contribution >= 4 is 21.9 Å². The smallest absolute Gasteiger partial charge is 0.340 e. The summed E-state index contributed by atoms with van der Waals surface area (Å²) in [5.74, 6) is -1.10. The Balaban J connectivity index is 1.43. The minimum Gasteiger partial charge on any atom is -0.452 e. The monoisotopic (exact) mass is 442 g/mol. The highest BCUT2D eigenvalue weighted by molar-refractivity contribution is 7.89. The summed E-state index contributed by atoms with van der Waals surface area (Å²) in [4.78, 5) is 26.9. The lowest BCUT2D eigenvalue weighted by Gasteiger charge is -2.28. The van der Waals surface area contributed by atoms with Gasteiger partial charge >= 0.3 is 5.97 Å². The Hall–Kier alpha value is -2.71. The van der Waals surface area contributed by atoms with Crippen LogP contribution in [0.25, 0.3) is 0 Å². The molecule has 2 heterocycles. The van der Waals surface area contributed by atoms with Gasteiger partial charge in [-0.05, 0) is 42.5 Å². The van der Waals surface area contributed by atoms with Gasteiger partial charge in [0.2, 0.25) is 10.0 Å². The molecule has 0 aliphatic carbocycles. The predicted molar refractivity (Wildman–Crippen MR) is 115 cm³/mol. The quantitative estimate of drug-likeness (QED) is 0.665. The first kappa shape index (κ1) is 21.5. The number of nitrogens with zero attached hydrogens (tertiary/aromatic N) is 2. The summed E-state index contributed by atoms with van der Waals surface area (Å²) in [6.45, 7) is 1.51. The van der Waals surface area contributed by atoms with E-state index in [0.717, 1.165) is 31.2 Å². The Labute approximate surface area is 182 Å². The highest BCUT2D eigenvalue weighted by Crippen LogP contribution is 2.24. The first-order valence-electron chi connectivity index (χ1n) is 10.6. The van der Waals surface area contributed by atoms with Crippen molar-refractivity contribution in [2.24, 2.45) is 0 Å². The van der Waals surface area contributed by atoms with Gasteiger partial charge in [0.05, 0.1) is 10.5 Å². The zero-order chi connectivity index (χ0) is 21.8. The Kier molecular flexibility index (Phi) is 6.38. The Morgan fingerprint density at radius 2 is 1.55 bits per heavy atom. The van der Waals surface area contributed by atoms with Gasteiger partial charge in [0.1, 0.15) is 0 Å². The molecule has 164 valence electrons. The van der Waals surface area contributed by atoms with Gasteiger partial charge in [0.15, 0.2) is 6.61 Å². The van der Waals surface area contributed by atoms with Gasteiger partial charge in [-0.3, -0.25) is 4.79 Å². The summed E-state index contributed by atoms with van der Waals surface area (Å²) >= 11 is 0. The lowest BCUT2D eigenvalue weighted by atomic mass is 10.00. The van der Waals surface area contributed by atoms with Crippen molar-refractivity contribution in [3.8, 4) is 0 Å². The fourth-order valence-electron chi connectivity index (χ4n) is 4.11. The second kappa shape index (κ2) is 9.20. The molecule has 0 N–H and O–H groups in total. The first-order chi connectivity index (χ1) is 15.0. The number of carbonyl (C=O) groups is 2. The number of ether oxygens (including phenoxy) is 1. The molecule has 4 rings (SSSR count). The van der Waals surface area contributed by atoms with Gasteiger partial charge in [0, 0.05) is 26.2 Å². The molecule has 1 fully saturated rings. The third-order valence-electron chi connectivity index (χ3n) is 5.85. The highest BCUT2D eigenvalue weighted by atomic mass is 32.2. The van der Waals surface area contributed by atoms with E-state index < -0.39 is 22.6 Å². The number of benzene rings is 2. The molecule has 7 nitrogen and oxygen atoms in total. The first-order valence-corrected chi connectivity index (χ1v) is 12.0. The summed E-state index contributed by atoms with van der Waals surface area (Å²) < 4.78 is 32.8. The number of sulfonamides is 1. The molecule has 0 spiro atoms. The van der Waals surface area contributed by atoms with Crippen LogP contribution in [0, 0.1) is 0 Å². The van der Waals surface area contributed by atoms with Crippen molar-refractivity contribution < 1.29 is 22.7 Å². The normalized spacial score (nSPS) is 17.1. The molecule has 2 aromatic rings. The van der Waals surface area contributed by atoms with E-state index in [-0.39, 0.29) is 16.4 Å². The van der Waals surface area contributed by atoms with Crippen molar-refractivity contribution in [3.05, 3.63) is 65.2 Å². The largest absolute Gasteiger partial charge is 0.452 e. The average Bonchev–Trinajstić information content (AvgIpc) is 2.82. The summed E-state index contributed by atoms with van der Waals surface area (Å²) in [5, 5.41) is 0. The molecule has 0 aromatic heterocycles. The zero-order valence-corrected chi connectivity index (χ0v) is 18.1. The van der Waals surface area contributed by atoms with E-state index in [1.807, 2.05) is 18.2 Å². The van der Waals surface area contributed by atoms with Gasteiger partial charge in [-0.2, -0.15) is 4.31 Å². The van der Waals surface area contributed by atoms with E-state index in [4.69, 9.17) is 4.74 Å². The van der Waals surface area contributed by atoms with Crippen LogP contribution in [0.15, 0.2) is 53.4 Å². The van der Waals surface area contributed by atoms with Crippen LogP contribution in [0.2, 0.25) is 0 Å². The standard InChI is InChI=1S/C23H26N2O5S/c26-22(24-15-12-18-8-2-3-9-19(18)16-24)17-30-23(27)20-10-4-5-11-21(20)31(28,29)25-13-6-1-7-14-25/h2-5,8-11H,1,6-7,12-17H2. The number of fused-ring (bicyclic) bond motifs is 1. The van der Waals surface area contributed by atoms with Crippen LogP contribution in [0.4, 0.5) is 0 Å². The van der Waals surface area contributed by atoms with Crippen LogP contribution in [0.3, 0.4) is 0 Å². The third-order valence-corrected chi connectivity index (χ3v) is 7.81. The lowest BCUT2D eigenvalue weighted by molar-refractivity contribution is -0.135. The number of rotatable bonds is 5. The maximum Gasteiger partial charge on any atom is 0.340 e. The predicted octanol–water partition coefficient (Wildman–Crippen LogP) is 2.60. The minimum absolute atomic E-state index is 0.0372. The van der Waals surface area contributed by atoms with Crippen molar-refractivity contribution in [1.29, 1.82) is 0 Å². The van der Waals surface area contributed by atoms with E-state index in [1.54, 1.807) is 17.0 Å². The van der Waals surface area contributed by atoms with Crippen molar-refractivity contribution in [3.63, 3.8) is 0 Å². The van der Waals surface area contributed by atoms with E-state index >= 15 is 0 Å². The number of carbonyl (C=O) groups excluding carboxylic acids is 2. The average molecular weight is 443 g/mol. The van der Waals surface area contributed by atoms with Gasteiger partial charge in [0.25, 0.3) is 5.91 Å². The number of piperidine rings is 1. The van der Waals surface area contributed by atoms with Crippen molar-refractivity contribution in [1.82, 2.24) is 9.21 Å². The second-order valence-corrected chi connectivity index (χ2v) is 9.78. The van der Waals surface area contributed by atoms with Crippen LogP contribution in [0.1, 0.15) is 40.7 Å². The van der Waals surface area contributed by atoms with E-state index in [0.29, 0.717) is 26.2 Å². The molecule has 0 unspecified atom stereocenters. The maximum atomic E-state index is 13.1. The van der Waals surface area contributed by atoms with Crippen LogP contribution in [0.5, 0.6) is 0 Å². The Bertz CT molecular complexity index is 1080. The molecule has 31 heavy (non-hydrogen) atoms. The molecule has 0 saturated carbocycles. The molecule has 0 bridgehead atoms. The number of hydrogen-bond acceptors (Lipinski definition) is 5. The zero-order valence-electron chi connectivity index (χ0n) is 17.3. The molecule has 1 saturated heterocycles. The van der Waals surface area contributed by atoms with Crippen LogP contribution in [-0.4, -0.2) is 55.7 Å². The van der Waals surface area contributed by atoms with E-state index in [1.165, 1.54) is 22.0 Å². The topological polar surface area (TPSA) is 84.0 Å². The highest BCUT2D eigenvalue weighted by Gasteiger charge is 2.30. The third kappa shape index (κ3) is 4.65. The summed E-state index contributed by atoms with van der Waals surface area (Å²) in [6.07, 6.45) is 3.37. The molecule has 0 radical (unpaired) electrons. The molecule has 2 aromatic carbocycles. The molecule has 1 amide bonds. The number of amides is 1. The minimum atomic E-state index is -3.79.